The van der Waals surface area contributed by atoms with E-state index in [9.17, 15) is 19.7 Å². The summed E-state index contributed by atoms with van der Waals surface area (Å²) in [6.45, 7) is 2.10. The maximum Gasteiger partial charge on any atom is 0.293 e. The zero-order chi connectivity index (χ0) is 20.1. The van der Waals surface area contributed by atoms with Crippen LogP contribution in [0.25, 0.3) is 0 Å². The van der Waals surface area contributed by atoms with Crippen molar-refractivity contribution in [3.05, 3.63) is 57.8 Å². The SMILES string of the molecule is Cc1ccc(NC(=O)CCNc2ccc(C(=O)NC3CC3)cc2[N+](=O)[O-])nc1. The molecule has 0 spiro atoms. The number of carbonyl (C=O) groups is 2. The van der Waals surface area contributed by atoms with E-state index in [4.69, 9.17) is 0 Å². The Morgan fingerprint density at radius 1 is 1.25 bits per heavy atom. The number of nitrogens with one attached hydrogen (secondary N) is 3. The van der Waals surface area contributed by atoms with Crippen LogP contribution in [0.4, 0.5) is 17.2 Å². The number of aryl methyl sites for hydroxylation is 1. The van der Waals surface area contributed by atoms with Gasteiger partial charge in [0, 0.05) is 36.8 Å². The predicted octanol–water partition coefficient (Wildman–Crippen LogP) is 2.63. The van der Waals surface area contributed by atoms with Crippen molar-refractivity contribution < 1.29 is 14.5 Å². The van der Waals surface area contributed by atoms with Gasteiger partial charge in [-0.25, -0.2) is 4.98 Å². The molecule has 1 aliphatic rings. The number of rotatable bonds is 8. The highest BCUT2D eigenvalue weighted by atomic mass is 16.6. The molecule has 0 saturated heterocycles. The lowest BCUT2D eigenvalue weighted by atomic mass is 10.1. The maximum atomic E-state index is 12.1. The molecule has 1 fully saturated rings. The second kappa shape index (κ2) is 8.47. The Morgan fingerprint density at radius 2 is 2.04 bits per heavy atom. The number of aromatic nitrogens is 1. The van der Waals surface area contributed by atoms with Crippen molar-refractivity contribution in [2.45, 2.75) is 32.2 Å². The van der Waals surface area contributed by atoms with Crippen LogP contribution in [0.5, 0.6) is 0 Å². The van der Waals surface area contributed by atoms with Crippen molar-refractivity contribution >= 4 is 29.0 Å². The Kier molecular flexibility index (Phi) is 5.83. The summed E-state index contributed by atoms with van der Waals surface area (Å²) in [6.07, 6.45) is 3.63. The number of hydrogen-bond donors (Lipinski definition) is 3. The average molecular weight is 383 g/mol. The molecule has 28 heavy (non-hydrogen) atoms. The van der Waals surface area contributed by atoms with Crippen LogP contribution >= 0.6 is 0 Å². The van der Waals surface area contributed by atoms with Crippen LogP contribution < -0.4 is 16.0 Å². The molecule has 1 aromatic carbocycles. The van der Waals surface area contributed by atoms with E-state index in [1.165, 1.54) is 18.2 Å². The molecular weight excluding hydrogens is 362 g/mol. The molecule has 3 N–H and O–H groups in total. The monoisotopic (exact) mass is 383 g/mol. The standard InChI is InChI=1S/C19H21N5O4/c1-12-2-7-17(21-11-12)23-18(25)8-9-20-15-6-3-13(10-16(15)24(27)28)19(26)22-14-4-5-14/h2-3,6-7,10-11,14,20H,4-5,8-9H2,1H3,(H,22,26)(H,21,23,25). The molecule has 2 aromatic rings. The van der Waals surface area contributed by atoms with Crippen LogP contribution in [0, 0.1) is 17.0 Å². The molecule has 0 unspecified atom stereocenters. The van der Waals surface area contributed by atoms with Gasteiger partial charge in [-0.2, -0.15) is 0 Å². The van der Waals surface area contributed by atoms with Crippen LogP contribution in [0.2, 0.25) is 0 Å². The van der Waals surface area contributed by atoms with Crippen molar-refractivity contribution in [3.63, 3.8) is 0 Å². The fourth-order valence-corrected chi connectivity index (χ4v) is 2.53. The van der Waals surface area contributed by atoms with Crippen LogP contribution in [0.15, 0.2) is 36.5 Å². The Morgan fingerprint density at radius 3 is 2.68 bits per heavy atom. The van der Waals surface area contributed by atoms with Gasteiger partial charge in [-0.05, 0) is 43.5 Å². The molecule has 9 heteroatoms. The Hall–Kier alpha value is -3.49. The molecule has 3 rings (SSSR count). The van der Waals surface area contributed by atoms with E-state index in [0.717, 1.165) is 18.4 Å². The van der Waals surface area contributed by atoms with E-state index in [1.807, 2.05) is 13.0 Å². The molecule has 1 heterocycles. The number of nitrogens with zero attached hydrogens (tertiary/aromatic N) is 2. The Balaban J connectivity index is 1.56. The van der Waals surface area contributed by atoms with E-state index in [1.54, 1.807) is 12.3 Å². The number of anilines is 2. The zero-order valence-electron chi connectivity index (χ0n) is 15.4. The normalized spacial score (nSPS) is 12.9. The summed E-state index contributed by atoms with van der Waals surface area (Å²) in [7, 11) is 0. The van der Waals surface area contributed by atoms with Gasteiger partial charge >= 0.3 is 0 Å². The van der Waals surface area contributed by atoms with E-state index in [0.29, 0.717) is 5.82 Å². The summed E-state index contributed by atoms with van der Waals surface area (Å²) in [5.74, 6) is -0.123. The van der Waals surface area contributed by atoms with E-state index >= 15 is 0 Å². The van der Waals surface area contributed by atoms with Crippen molar-refractivity contribution in [1.82, 2.24) is 10.3 Å². The highest BCUT2D eigenvalue weighted by Crippen LogP contribution is 2.26. The second-order valence-electron chi connectivity index (χ2n) is 6.68. The first-order valence-corrected chi connectivity index (χ1v) is 8.98. The number of nitro benzene ring substituents is 1. The molecule has 0 aliphatic heterocycles. The van der Waals surface area contributed by atoms with Gasteiger partial charge < -0.3 is 16.0 Å². The zero-order valence-corrected chi connectivity index (χ0v) is 15.4. The fourth-order valence-electron chi connectivity index (χ4n) is 2.53. The lowest BCUT2D eigenvalue weighted by Gasteiger charge is -2.09. The Bertz CT molecular complexity index is 894. The summed E-state index contributed by atoms with van der Waals surface area (Å²) in [4.78, 5) is 38.9. The van der Waals surface area contributed by atoms with Gasteiger partial charge in [-0.15, -0.1) is 0 Å². The van der Waals surface area contributed by atoms with Crippen molar-refractivity contribution in [2.75, 3.05) is 17.2 Å². The number of hydrogen-bond acceptors (Lipinski definition) is 6. The first kappa shape index (κ1) is 19.3. The summed E-state index contributed by atoms with van der Waals surface area (Å²) in [6, 6.07) is 7.98. The molecule has 1 aliphatic carbocycles. The quantitative estimate of drug-likeness (QED) is 0.475. The van der Waals surface area contributed by atoms with Gasteiger partial charge in [0.1, 0.15) is 11.5 Å². The minimum Gasteiger partial charge on any atom is -0.379 e. The largest absolute Gasteiger partial charge is 0.379 e. The van der Waals surface area contributed by atoms with Crippen LogP contribution in [0.1, 0.15) is 35.2 Å². The van der Waals surface area contributed by atoms with Gasteiger partial charge in [0.05, 0.1) is 4.92 Å². The molecule has 2 amide bonds. The topological polar surface area (TPSA) is 126 Å². The fraction of sp³-hybridized carbons (Fsp3) is 0.316. The smallest absolute Gasteiger partial charge is 0.293 e. The van der Waals surface area contributed by atoms with E-state index in [-0.39, 0.29) is 47.8 Å². The van der Waals surface area contributed by atoms with Crippen molar-refractivity contribution in [1.29, 1.82) is 0 Å². The van der Waals surface area contributed by atoms with Gasteiger partial charge in [0.2, 0.25) is 5.91 Å². The van der Waals surface area contributed by atoms with Crippen LogP contribution in [-0.2, 0) is 4.79 Å². The molecule has 9 nitrogen and oxygen atoms in total. The summed E-state index contributed by atoms with van der Waals surface area (Å²) in [5.41, 5.74) is 1.28. The van der Waals surface area contributed by atoms with Gasteiger partial charge in [-0.1, -0.05) is 6.07 Å². The number of nitro groups is 1. The lowest BCUT2D eigenvalue weighted by molar-refractivity contribution is -0.384. The maximum absolute atomic E-state index is 12.1. The second-order valence-corrected chi connectivity index (χ2v) is 6.68. The molecule has 0 radical (unpaired) electrons. The van der Waals surface area contributed by atoms with Gasteiger partial charge in [0.15, 0.2) is 0 Å². The molecule has 1 aromatic heterocycles. The van der Waals surface area contributed by atoms with Gasteiger partial charge in [0.25, 0.3) is 11.6 Å². The number of carbonyl (C=O) groups excluding carboxylic acids is 2. The van der Waals surface area contributed by atoms with Crippen molar-refractivity contribution in [2.24, 2.45) is 0 Å². The summed E-state index contributed by atoms with van der Waals surface area (Å²) in [5, 5.41) is 19.7. The third-order valence-corrected chi connectivity index (χ3v) is 4.22. The lowest BCUT2D eigenvalue weighted by Crippen LogP contribution is -2.25. The van der Waals surface area contributed by atoms with Crippen LogP contribution in [0.3, 0.4) is 0 Å². The number of amides is 2. The predicted molar refractivity (Wildman–Crippen MR) is 104 cm³/mol. The van der Waals surface area contributed by atoms with E-state index < -0.39 is 4.92 Å². The summed E-state index contributed by atoms with van der Waals surface area (Å²) >= 11 is 0. The first-order valence-electron chi connectivity index (χ1n) is 8.98. The number of benzene rings is 1. The van der Waals surface area contributed by atoms with E-state index in [2.05, 4.69) is 20.9 Å². The third kappa shape index (κ3) is 5.26. The molecule has 1 saturated carbocycles. The average Bonchev–Trinajstić information content (AvgIpc) is 3.47. The Labute approximate surface area is 161 Å². The molecule has 0 bridgehead atoms. The molecule has 146 valence electrons. The third-order valence-electron chi connectivity index (χ3n) is 4.22. The van der Waals surface area contributed by atoms with Gasteiger partial charge in [-0.3, -0.25) is 19.7 Å². The first-order chi connectivity index (χ1) is 13.4. The number of pyridine rings is 1. The molecule has 0 atom stereocenters. The molecular formula is C19H21N5O4. The van der Waals surface area contributed by atoms with Crippen LogP contribution in [-0.4, -0.2) is 34.3 Å². The minimum atomic E-state index is -0.549. The summed E-state index contributed by atoms with van der Waals surface area (Å²) < 4.78 is 0. The minimum absolute atomic E-state index is 0.108. The van der Waals surface area contributed by atoms with Crippen molar-refractivity contribution in [3.8, 4) is 0 Å². The highest BCUT2D eigenvalue weighted by molar-refractivity contribution is 5.96. The highest BCUT2D eigenvalue weighted by Gasteiger charge is 2.25.